The van der Waals surface area contributed by atoms with Gasteiger partial charge in [-0.25, -0.2) is 4.98 Å². The smallest absolute Gasteiger partial charge is 0.277 e. The van der Waals surface area contributed by atoms with Crippen molar-refractivity contribution in [3.8, 4) is 17.1 Å². The number of nitrogens with zero attached hydrogens (tertiary/aromatic N) is 4. The molecule has 0 saturated carbocycles. The Morgan fingerprint density at radius 1 is 1.16 bits per heavy atom. The minimum atomic E-state index is -0.230. The van der Waals surface area contributed by atoms with E-state index in [0.29, 0.717) is 35.8 Å². The van der Waals surface area contributed by atoms with Crippen LogP contribution >= 0.6 is 0 Å². The van der Waals surface area contributed by atoms with Crippen molar-refractivity contribution < 1.29 is 9.26 Å². The number of rotatable bonds is 8. The molecule has 0 fully saturated rings. The second-order valence-corrected chi connectivity index (χ2v) is 7.61. The Bertz CT molecular complexity index is 1250. The molecular formula is C23H27N5O3. The molecule has 0 spiro atoms. The summed E-state index contributed by atoms with van der Waals surface area (Å²) in [6, 6.07) is 7.62. The van der Waals surface area contributed by atoms with Gasteiger partial charge in [0.05, 0.1) is 30.1 Å². The number of fused-ring (bicyclic) bond motifs is 1. The molecule has 3 heterocycles. The molecule has 162 valence electrons. The van der Waals surface area contributed by atoms with E-state index >= 15 is 0 Å². The molecule has 8 nitrogen and oxygen atoms in total. The largest absolute Gasteiger partial charge is 0.493 e. The van der Waals surface area contributed by atoms with Gasteiger partial charge in [-0.3, -0.25) is 9.48 Å². The number of para-hydroxylation sites is 1. The lowest BCUT2D eigenvalue weighted by molar-refractivity contribution is 0.318. The van der Waals surface area contributed by atoms with Gasteiger partial charge in [0.1, 0.15) is 22.9 Å². The van der Waals surface area contributed by atoms with Crippen LogP contribution in [0.25, 0.3) is 22.4 Å². The SMILES string of the molecule is CCCOc1ccccc1-c1nc2c(CCC)nn(Cc3c(C)noc3C)c2c(=O)[nH]1. The second kappa shape index (κ2) is 8.75. The minimum absolute atomic E-state index is 0.230. The van der Waals surface area contributed by atoms with Crippen LogP contribution in [-0.4, -0.2) is 31.5 Å². The van der Waals surface area contributed by atoms with E-state index in [1.54, 1.807) is 4.68 Å². The molecule has 0 aliphatic carbocycles. The number of H-pyrrole nitrogens is 1. The average molecular weight is 422 g/mol. The Morgan fingerprint density at radius 2 is 1.97 bits per heavy atom. The van der Waals surface area contributed by atoms with E-state index < -0.39 is 0 Å². The molecule has 0 aliphatic heterocycles. The first kappa shape index (κ1) is 20.8. The Kier molecular flexibility index (Phi) is 5.88. The fourth-order valence-electron chi connectivity index (χ4n) is 3.68. The van der Waals surface area contributed by atoms with Crippen LogP contribution in [0.4, 0.5) is 0 Å². The number of aryl methyl sites for hydroxylation is 3. The number of hydrogen-bond donors (Lipinski definition) is 1. The van der Waals surface area contributed by atoms with E-state index in [0.717, 1.165) is 47.5 Å². The lowest BCUT2D eigenvalue weighted by Gasteiger charge is -2.10. The highest BCUT2D eigenvalue weighted by Crippen LogP contribution is 2.28. The van der Waals surface area contributed by atoms with Crippen molar-refractivity contribution in [2.75, 3.05) is 6.61 Å². The monoisotopic (exact) mass is 421 g/mol. The number of benzene rings is 1. The van der Waals surface area contributed by atoms with Crippen LogP contribution in [-0.2, 0) is 13.0 Å². The molecular weight excluding hydrogens is 394 g/mol. The Hall–Kier alpha value is -3.42. The summed E-state index contributed by atoms with van der Waals surface area (Å²) in [7, 11) is 0. The summed E-state index contributed by atoms with van der Waals surface area (Å²) in [6.45, 7) is 8.89. The molecule has 8 heteroatoms. The first-order chi connectivity index (χ1) is 15.0. The summed E-state index contributed by atoms with van der Waals surface area (Å²) in [5.41, 5.74) is 4.14. The number of aromatic nitrogens is 5. The van der Waals surface area contributed by atoms with E-state index in [1.165, 1.54) is 0 Å². The highest BCUT2D eigenvalue weighted by molar-refractivity contribution is 5.80. The van der Waals surface area contributed by atoms with Crippen molar-refractivity contribution in [3.63, 3.8) is 0 Å². The van der Waals surface area contributed by atoms with E-state index in [4.69, 9.17) is 19.3 Å². The first-order valence-electron chi connectivity index (χ1n) is 10.7. The van der Waals surface area contributed by atoms with Gasteiger partial charge in [-0.1, -0.05) is 37.6 Å². The molecule has 1 N–H and O–H groups in total. The third-order valence-electron chi connectivity index (χ3n) is 5.25. The van der Waals surface area contributed by atoms with Crippen molar-refractivity contribution >= 4 is 11.0 Å². The molecule has 0 amide bonds. The number of aromatic amines is 1. The van der Waals surface area contributed by atoms with Crippen LogP contribution in [0.1, 0.15) is 49.4 Å². The quantitative estimate of drug-likeness (QED) is 0.458. The standard InChI is InChI=1S/C23H27N5O3/c1-5-9-18-20-21(28(26-18)13-17-14(3)27-31-15(17)4)23(29)25-22(24-20)16-10-7-8-11-19(16)30-12-6-2/h7-8,10-11H,5-6,9,12-13H2,1-4H3,(H,24,25,29). The van der Waals surface area contributed by atoms with Gasteiger partial charge in [0.25, 0.3) is 5.56 Å². The summed E-state index contributed by atoms with van der Waals surface area (Å²) in [5.74, 6) is 1.91. The molecule has 0 radical (unpaired) electrons. The predicted octanol–water partition coefficient (Wildman–Crippen LogP) is 4.18. The highest BCUT2D eigenvalue weighted by Gasteiger charge is 2.20. The molecule has 0 unspecified atom stereocenters. The summed E-state index contributed by atoms with van der Waals surface area (Å²) in [5, 5.41) is 8.75. The summed E-state index contributed by atoms with van der Waals surface area (Å²) in [6.07, 6.45) is 2.53. The van der Waals surface area contributed by atoms with Crippen LogP contribution < -0.4 is 10.3 Å². The zero-order chi connectivity index (χ0) is 22.0. The predicted molar refractivity (Wildman–Crippen MR) is 118 cm³/mol. The maximum absolute atomic E-state index is 13.2. The molecule has 4 aromatic rings. The van der Waals surface area contributed by atoms with Gasteiger partial charge < -0.3 is 14.2 Å². The normalized spacial score (nSPS) is 11.4. The third-order valence-corrected chi connectivity index (χ3v) is 5.25. The maximum Gasteiger partial charge on any atom is 0.277 e. The minimum Gasteiger partial charge on any atom is -0.493 e. The van der Waals surface area contributed by atoms with Crippen molar-refractivity contribution in [1.29, 1.82) is 0 Å². The van der Waals surface area contributed by atoms with Crippen LogP contribution in [0.15, 0.2) is 33.6 Å². The summed E-state index contributed by atoms with van der Waals surface area (Å²) < 4.78 is 12.9. The third kappa shape index (κ3) is 3.97. The molecule has 4 rings (SSSR count). The van der Waals surface area contributed by atoms with Gasteiger partial charge in [-0.2, -0.15) is 5.10 Å². The van der Waals surface area contributed by atoms with Gasteiger partial charge in [-0.15, -0.1) is 0 Å². The molecule has 0 aliphatic rings. The first-order valence-corrected chi connectivity index (χ1v) is 10.7. The fraction of sp³-hybridized carbons (Fsp3) is 0.391. The molecule has 0 bridgehead atoms. The topological polar surface area (TPSA) is 98.8 Å². The van der Waals surface area contributed by atoms with Crippen LogP contribution in [0, 0.1) is 13.8 Å². The van der Waals surface area contributed by atoms with Gasteiger partial charge in [-0.05, 0) is 38.8 Å². The molecule has 1 aromatic carbocycles. The van der Waals surface area contributed by atoms with Crippen molar-refractivity contribution in [2.45, 2.75) is 53.5 Å². The lowest BCUT2D eigenvalue weighted by Crippen LogP contribution is -2.15. The molecule has 0 saturated heterocycles. The van der Waals surface area contributed by atoms with Crippen molar-refractivity contribution in [2.24, 2.45) is 0 Å². The number of nitrogens with one attached hydrogen (secondary N) is 1. The number of hydrogen-bond acceptors (Lipinski definition) is 6. The van der Waals surface area contributed by atoms with E-state index in [2.05, 4.69) is 24.0 Å². The highest BCUT2D eigenvalue weighted by atomic mass is 16.5. The van der Waals surface area contributed by atoms with Crippen molar-refractivity contribution in [1.82, 2.24) is 24.9 Å². The van der Waals surface area contributed by atoms with Gasteiger partial charge in [0.15, 0.2) is 5.52 Å². The maximum atomic E-state index is 13.2. The van der Waals surface area contributed by atoms with E-state index in [1.807, 2.05) is 38.1 Å². The Labute approximate surface area is 180 Å². The lowest BCUT2D eigenvalue weighted by atomic mass is 10.1. The van der Waals surface area contributed by atoms with E-state index in [9.17, 15) is 4.79 Å². The summed E-state index contributed by atoms with van der Waals surface area (Å²) >= 11 is 0. The fourth-order valence-corrected chi connectivity index (χ4v) is 3.68. The zero-order valence-corrected chi connectivity index (χ0v) is 18.4. The van der Waals surface area contributed by atoms with E-state index in [-0.39, 0.29) is 5.56 Å². The zero-order valence-electron chi connectivity index (χ0n) is 18.4. The van der Waals surface area contributed by atoms with Crippen LogP contribution in [0.2, 0.25) is 0 Å². The Balaban J connectivity index is 1.86. The van der Waals surface area contributed by atoms with Gasteiger partial charge >= 0.3 is 0 Å². The van der Waals surface area contributed by atoms with Gasteiger partial charge in [0.2, 0.25) is 0 Å². The Morgan fingerprint density at radius 3 is 2.68 bits per heavy atom. The van der Waals surface area contributed by atoms with Crippen LogP contribution in [0.3, 0.4) is 0 Å². The number of ether oxygens (including phenoxy) is 1. The second-order valence-electron chi connectivity index (χ2n) is 7.61. The molecule has 31 heavy (non-hydrogen) atoms. The van der Waals surface area contributed by atoms with Crippen LogP contribution in [0.5, 0.6) is 5.75 Å². The molecule has 0 atom stereocenters. The van der Waals surface area contributed by atoms with Gasteiger partial charge in [0, 0.05) is 5.56 Å². The van der Waals surface area contributed by atoms with Crippen molar-refractivity contribution in [3.05, 3.63) is 57.3 Å². The summed E-state index contributed by atoms with van der Waals surface area (Å²) in [4.78, 5) is 21.0. The molecule has 3 aromatic heterocycles. The average Bonchev–Trinajstić information content (AvgIpc) is 3.27.